The fraction of sp³-hybridized carbons (Fsp3) is 0.188. The van der Waals surface area contributed by atoms with E-state index < -0.39 is 0 Å². The molecule has 0 spiro atoms. The standard InChI is InChI=1S/C16H15ClN2O2/c1-11-4-7-14(21-11)10-19-16(20)13-6-5-12(3-2-8-18)15(17)9-13/h4-7,9H,8,10,18H2,1H3,(H,19,20). The molecule has 0 radical (unpaired) electrons. The molecule has 1 aromatic carbocycles. The summed E-state index contributed by atoms with van der Waals surface area (Å²) in [4.78, 5) is 12.0. The van der Waals surface area contributed by atoms with Gasteiger partial charge in [-0.25, -0.2) is 0 Å². The minimum absolute atomic E-state index is 0.218. The second-order valence-electron chi connectivity index (χ2n) is 4.40. The first-order chi connectivity index (χ1) is 10.1. The van der Waals surface area contributed by atoms with E-state index in [4.69, 9.17) is 21.8 Å². The van der Waals surface area contributed by atoms with Gasteiger partial charge in [0.25, 0.3) is 5.91 Å². The van der Waals surface area contributed by atoms with Gasteiger partial charge >= 0.3 is 0 Å². The zero-order chi connectivity index (χ0) is 15.2. The fourth-order valence-electron chi connectivity index (χ4n) is 1.75. The van der Waals surface area contributed by atoms with E-state index >= 15 is 0 Å². The molecule has 2 aromatic rings. The molecule has 108 valence electrons. The highest BCUT2D eigenvalue weighted by molar-refractivity contribution is 6.32. The van der Waals surface area contributed by atoms with Crippen molar-refractivity contribution in [2.45, 2.75) is 13.5 Å². The molecule has 0 aliphatic carbocycles. The van der Waals surface area contributed by atoms with Gasteiger partial charge in [0.2, 0.25) is 0 Å². The molecule has 0 saturated heterocycles. The number of benzene rings is 1. The average Bonchev–Trinajstić information content (AvgIpc) is 2.89. The van der Waals surface area contributed by atoms with Gasteiger partial charge in [-0.05, 0) is 37.3 Å². The molecule has 0 aliphatic rings. The number of carbonyl (C=O) groups is 1. The van der Waals surface area contributed by atoms with Crippen LogP contribution in [-0.4, -0.2) is 12.5 Å². The Balaban J connectivity index is 2.04. The first-order valence-corrected chi connectivity index (χ1v) is 6.80. The van der Waals surface area contributed by atoms with Crippen molar-refractivity contribution in [3.05, 3.63) is 58.0 Å². The van der Waals surface area contributed by atoms with E-state index in [1.807, 2.05) is 19.1 Å². The Morgan fingerprint density at radius 1 is 1.38 bits per heavy atom. The lowest BCUT2D eigenvalue weighted by Crippen LogP contribution is -2.22. The van der Waals surface area contributed by atoms with Crippen LogP contribution in [0.5, 0.6) is 0 Å². The Kier molecular flexibility index (Phi) is 5.04. The van der Waals surface area contributed by atoms with Gasteiger partial charge in [-0.15, -0.1) is 0 Å². The summed E-state index contributed by atoms with van der Waals surface area (Å²) >= 11 is 6.09. The second kappa shape index (κ2) is 6.98. The topological polar surface area (TPSA) is 68.3 Å². The molecule has 0 bridgehead atoms. The SMILES string of the molecule is Cc1ccc(CNC(=O)c2ccc(C#CCN)c(Cl)c2)o1. The van der Waals surface area contributed by atoms with Crippen LogP contribution in [0.15, 0.2) is 34.7 Å². The van der Waals surface area contributed by atoms with Crippen molar-refractivity contribution < 1.29 is 9.21 Å². The summed E-state index contributed by atoms with van der Waals surface area (Å²) in [6.07, 6.45) is 0. The largest absolute Gasteiger partial charge is 0.465 e. The van der Waals surface area contributed by atoms with Crippen LogP contribution in [0.2, 0.25) is 5.02 Å². The predicted molar refractivity (Wildman–Crippen MR) is 82.0 cm³/mol. The number of hydrogen-bond acceptors (Lipinski definition) is 3. The van der Waals surface area contributed by atoms with Crippen LogP contribution < -0.4 is 11.1 Å². The van der Waals surface area contributed by atoms with E-state index in [1.54, 1.807) is 18.2 Å². The summed E-state index contributed by atoms with van der Waals surface area (Å²) < 4.78 is 5.39. The molecule has 3 N–H and O–H groups in total. The quantitative estimate of drug-likeness (QED) is 0.856. The third-order valence-corrected chi connectivity index (χ3v) is 3.09. The van der Waals surface area contributed by atoms with Crippen LogP contribution in [0.1, 0.15) is 27.4 Å². The third-order valence-electron chi connectivity index (χ3n) is 2.78. The van der Waals surface area contributed by atoms with Gasteiger partial charge in [-0.1, -0.05) is 23.4 Å². The number of amides is 1. The molecule has 21 heavy (non-hydrogen) atoms. The normalized spacial score (nSPS) is 9.86. The Morgan fingerprint density at radius 3 is 2.81 bits per heavy atom. The minimum atomic E-state index is -0.218. The highest BCUT2D eigenvalue weighted by atomic mass is 35.5. The van der Waals surface area contributed by atoms with Crippen LogP contribution in [-0.2, 0) is 6.54 Å². The summed E-state index contributed by atoms with van der Waals surface area (Å²) in [6, 6.07) is 8.65. The average molecular weight is 303 g/mol. The summed E-state index contributed by atoms with van der Waals surface area (Å²) in [5.41, 5.74) is 6.44. The number of rotatable bonds is 3. The maximum absolute atomic E-state index is 12.0. The van der Waals surface area contributed by atoms with Crippen molar-refractivity contribution in [1.29, 1.82) is 0 Å². The summed E-state index contributed by atoms with van der Waals surface area (Å²) in [5.74, 6) is 6.87. The Hall–Kier alpha value is -2.22. The van der Waals surface area contributed by atoms with Crippen molar-refractivity contribution in [2.24, 2.45) is 5.73 Å². The van der Waals surface area contributed by atoms with Crippen molar-refractivity contribution >= 4 is 17.5 Å². The first-order valence-electron chi connectivity index (χ1n) is 6.42. The number of nitrogens with one attached hydrogen (secondary N) is 1. The van der Waals surface area contributed by atoms with Crippen LogP contribution in [0.4, 0.5) is 0 Å². The first kappa shape index (κ1) is 15.2. The van der Waals surface area contributed by atoms with E-state index in [-0.39, 0.29) is 12.5 Å². The van der Waals surface area contributed by atoms with Crippen molar-refractivity contribution in [1.82, 2.24) is 5.32 Å². The van der Waals surface area contributed by atoms with E-state index in [2.05, 4.69) is 17.2 Å². The Labute approximate surface area is 128 Å². The number of hydrogen-bond donors (Lipinski definition) is 2. The van der Waals surface area contributed by atoms with Gasteiger partial charge in [0.05, 0.1) is 18.1 Å². The monoisotopic (exact) mass is 302 g/mol. The molecule has 4 nitrogen and oxygen atoms in total. The lowest BCUT2D eigenvalue weighted by molar-refractivity contribution is 0.0948. The lowest BCUT2D eigenvalue weighted by atomic mass is 10.1. The van der Waals surface area contributed by atoms with E-state index in [9.17, 15) is 4.79 Å². The maximum atomic E-state index is 12.0. The molecular formula is C16H15ClN2O2. The lowest BCUT2D eigenvalue weighted by Gasteiger charge is -2.05. The summed E-state index contributed by atoms with van der Waals surface area (Å²) in [5, 5.41) is 3.20. The molecule has 0 atom stereocenters. The number of halogens is 1. The molecule has 0 saturated carbocycles. The molecule has 5 heteroatoms. The predicted octanol–water partition coefficient (Wildman–Crippen LogP) is 2.48. The molecule has 1 amide bonds. The summed E-state index contributed by atoms with van der Waals surface area (Å²) in [7, 11) is 0. The molecule has 0 aliphatic heterocycles. The molecule has 1 aromatic heterocycles. The van der Waals surface area contributed by atoms with Gasteiger partial charge in [-0.3, -0.25) is 4.79 Å². The highest BCUT2D eigenvalue weighted by Gasteiger charge is 2.08. The van der Waals surface area contributed by atoms with E-state index in [1.165, 1.54) is 0 Å². The van der Waals surface area contributed by atoms with Crippen molar-refractivity contribution in [2.75, 3.05) is 6.54 Å². The van der Waals surface area contributed by atoms with Gasteiger partial charge in [0, 0.05) is 11.1 Å². The van der Waals surface area contributed by atoms with Gasteiger partial charge in [-0.2, -0.15) is 0 Å². The van der Waals surface area contributed by atoms with Gasteiger partial charge < -0.3 is 15.5 Å². The van der Waals surface area contributed by atoms with E-state index in [0.29, 0.717) is 28.5 Å². The smallest absolute Gasteiger partial charge is 0.251 e. The van der Waals surface area contributed by atoms with Crippen LogP contribution in [0, 0.1) is 18.8 Å². The van der Waals surface area contributed by atoms with Crippen molar-refractivity contribution in [3.8, 4) is 11.8 Å². The highest BCUT2D eigenvalue weighted by Crippen LogP contribution is 2.17. The maximum Gasteiger partial charge on any atom is 0.251 e. The molecule has 0 fully saturated rings. The number of aryl methyl sites for hydroxylation is 1. The second-order valence-corrected chi connectivity index (χ2v) is 4.80. The zero-order valence-electron chi connectivity index (χ0n) is 11.6. The summed E-state index contributed by atoms with van der Waals surface area (Å²) in [6.45, 7) is 2.45. The molecule has 0 unspecified atom stereocenters. The van der Waals surface area contributed by atoms with Gasteiger partial charge in [0.1, 0.15) is 11.5 Å². The van der Waals surface area contributed by atoms with Crippen LogP contribution in [0.3, 0.4) is 0 Å². The fourth-order valence-corrected chi connectivity index (χ4v) is 1.98. The Morgan fingerprint density at radius 2 is 2.19 bits per heavy atom. The van der Waals surface area contributed by atoms with Crippen LogP contribution in [0.25, 0.3) is 0 Å². The number of furan rings is 1. The van der Waals surface area contributed by atoms with Gasteiger partial charge in [0.15, 0.2) is 0 Å². The van der Waals surface area contributed by atoms with Crippen LogP contribution >= 0.6 is 11.6 Å². The molecule has 2 rings (SSSR count). The number of carbonyl (C=O) groups excluding carboxylic acids is 1. The third kappa shape index (κ3) is 4.12. The molecule has 1 heterocycles. The zero-order valence-corrected chi connectivity index (χ0v) is 12.3. The number of nitrogens with two attached hydrogens (primary N) is 1. The minimum Gasteiger partial charge on any atom is -0.465 e. The van der Waals surface area contributed by atoms with E-state index in [0.717, 1.165) is 5.76 Å². The molecular weight excluding hydrogens is 288 g/mol. The van der Waals surface area contributed by atoms with Crippen molar-refractivity contribution in [3.63, 3.8) is 0 Å². The Bertz CT molecular complexity index is 711.